The molecule has 0 spiro atoms. The van der Waals surface area contributed by atoms with Crippen LogP contribution in [0.4, 0.5) is 0 Å². The molecule has 0 radical (unpaired) electrons. The molecule has 2 aliphatic heterocycles. The first-order chi connectivity index (χ1) is 16.0. The summed E-state index contributed by atoms with van der Waals surface area (Å²) in [5.41, 5.74) is 2.44. The topological polar surface area (TPSA) is 79.3 Å². The molecule has 1 atom stereocenters. The first-order valence-electron chi connectivity index (χ1n) is 11.3. The molecule has 2 saturated heterocycles. The van der Waals surface area contributed by atoms with Gasteiger partial charge in [0.1, 0.15) is 11.5 Å². The van der Waals surface area contributed by atoms with Crippen molar-refractivity contribution in [1.29, 1.82) is 0 Å². The summed E-state index contributed by atoms with van der Waals surface area (Å²) >= 11 is 0. The van der Waals surface area contributed by atoms with E-state index in [9.17, 15) is 14.7 Å². The van der Waals surface area contributed by atoms with Gasteiger partial charge < -0.3 is 19.5 Å². The summed E-state index contributed by atoms with van der Waals surface area (Å²) in [5.74, 6) is -0.863. The van der Waals surface area contributed by atoms with E-state index in [1.54, 1.807) is 36.3 Å². The fraction of sp³-hybridized carbons (Fsp3) is 0.385. The Labute approximate surface area is 194 Å². The summed E-state index contributed by atoms with van der Waals surface area (Å²) in [4.78, 5) is 30.1. The number of aryl methyl sites for hydroxylation is 1. The molecule has 4 rings (SSSR count). The van der Waals surface area contributed by atoms with Crippen molar-refractivity contribution in [2.75, 3.05) is 46.5 Å². The zero-order valence-electron chi connectivity index (χ0n) is 19.1. The highest BCUT2D eigenvalue weighted by Gasteiger charge is 2.45. The molecule has 0 saturated carbocycles. The highest BCUT2D eigenvalue weighted by atomic mass is 16.5. The second kappa shape index (κ2) is 10.2. The van der Waals surface area contributed by atoms with Crippen LogP contribution in [0.3, 0.4) is 0 Å². The van der Waals surface area contributed by atoms with Crippen LogP contribution in [0.2, 0.25) is 0 Å². The van der Waals surface area contributed by atoms with Crippen LogP contribution < -0.4 is 4.74 Å². The highest BCUT2D eigenvalue weighted by Crippen LogP contribution is 2.39. The molecular weight excluding hydrogens is 420 g/mol. The van der Waals surface area contributed by atoms with E-state index in [1.165, 1.54) is 0 Å². The molecule has 2 aromatic rings. The van der Waals surface area contributed by atoms with Crippen LogP contribution in [-0.2, 0) is 14.3 Å². The maximum atomic E-state index is 13.1. The van der Waals surface area contributed by atoms with Gasteiger partial charge in [0, 0.05) is 31.7 Å². The number of carbonyl (C=O) groups excluding carboxylic acids is 2. The average Bonchev–Trinajstić information content (AvgIpc) is 3.10. The van der Waals surface area contributed by atoms with E-state index in [0.717, 1.165) is 37.2 Å². The van der Waals surface area contributed by atoms with Gasteiger partial charge in [0.05, 0.1) is 31.9 Å². The molecule has 1 amide bonds. The number of rotatable bonds is 7. The van der Waals surface area contributed by atoms with Crippen molar-refractivity contribution < 1.29 is 24.2 Å². The second-order valence-electron chi connectivity index (χ2n) is 8.44. The summed E-state index contributed by atoms with van der Waals surface area (Å²) in [6.07, 6.45) is 0.731. The Hall–Kier alpha value is -3.16. The highest BCUT2D eigenvalue weighted by molar-refractivity contribution is 6.46. The largest absolute Gasteiger partial charge is 0.507 e. The van der Waals surface area contributed by atoms with Crippen molar-refractivity contribution in [3.63, 3.8) is 0 Å². The molecule has 2 fully saturated rings. The number of morpholine rings is 1. The number of hydrogen-bond donors (Lipinski definition) is 1. The van der Waals surface area contributed by atoms with Gasteiger partial charge in [0.15, 0.2) is 0 Å². The summed E-state index contributed by atoms with van der Waals surface area (Å²) in [6.45, 7) is 6.41. The number of methoxy groups -OCH3 is 1. The van der Waals surface area contributed by atoms with Gasteiger partial charge in [-0.05, 0) is 31.0 Å². The van der Waals surface area contributed by atoms with E-state index in [0.29, 0.717) is 31.1 Å². The number of aliphatic hydroxyl groups excluding tert-OH is 1. The Morgan fingerprint density at radius 2 is 1.82 bits per heavy atom. The lowest BCUT2D eigenvalue weighted by atomic mass is 9.94. The first-order valence-corrected chi connectivity index (χ1v) is 11.3. The van der Waals surface area contributed by atoms with Crippen molar-refractivity contribution in [2.24, 2.45) is 0 Å². The van der Waals surface area contributed by atoms with Gasteiger partial charge in [0.25, 0.3) is 11.7 Å². The minimum Gasteiger partial charge on any atom is -0.507 e. The summed E-state index contributed by atoms with van der Waals surface area (Å²) < 4.78 is 10.7. The number of hydrogen-bond acceptors (Lipinski definition) is 6. The Morgan fingerprint density at radius 1 is 1.09 bits per heavy atom. The molecule has 2 heterocycles. The molecule has 174 valence electrons. The van der Waals surface area contributed by atoms with Gasteiger partial charge in [0.2, 0.25) is 0 Å². The van der Waals surface area contributed by atoms with Gasteiger partial charge >= 0.3 is 0 Å². The zero-order valence-corrected chi connectivity index (χ0v) is 19.1. The van der Waals surface area contributed by atoms with Crippen molar-refractivity contribution in [3.05, 3.63) is 70.8 Å². The molecule has 33 heavy (non-hydrogen) atoms. The monoisotopic (exact) mass is 450 g/mol. The summed E-state index contributed by atoms with van der Waals surface area (Å²) in [6, 6.07) is 14.0. The van der Waals surface area contributed by atoms with E-state index in [4.69, 9.17) is 9.47 Å². The number of carbonyl (C=O) groups is 2. The van der Waals surface area contributed by atoms with Crippen molar-refractivity contribution in [1.82, 2.24) is 9.80 Å². The minimum absolute atomic E-state index is 0.114. The van der Waals surface area contributed by atoms with Gasteiger partial charge in [-0.3, -0.25) is 14.5 Å². The predicted molar refractivity (Wildman–Crippen MR) is 125 cm³/mol. The SMILES string of the molecule is COc1cccc(/C(O)=C2\C(=O)C(=O)N(CCCN3CCOCC3)[C@H]2c2ccc(C)cc2)c1. The fourth-order valence-electron chi connectivity index (χ4n) is 4.42. The van der Waals surface area contributed by atoms with Crippen molar-refractivity contribution in [2.45, 2.75) is 19.4 Å². The molecule has 0 aromatic heterocycles. The lowest BCUT2D eigenvalue weighted by Gasteiger charge is -2.29. The van der Waals surface area contributed by atoms with Crippen LogP contribution in [0.25, 0.3) is 5.76 Å². The lowest BCUT2D eigenvalue weighted by molar-refractivity contribution is -0.140. The van der Waals surface area contributed by atoms with Crippen LogP contribution in [0, 0.1) is 6.92 Å². The molecule has 7 nitrogen and oxygen atoms in total. The third-order valence-electron chi connectivity index (χ3n) is 6.25. The third kappa shape index (κ3) is 4.94. The maximum Gasteiger partial charge on any atom is 0.295 e. The first kappa shape index (κ1) is 23.0. The van der Waals surface area contributed by atoms with Gasteiger partial charge in [-0.25, -0.2) is 0 Å². The molecule has 2 aromatic carbocycles. The number of ketones is 1. The summed E-state index contributed by atoms with van der Waals surface area (Å²) in [5, 5.41) is 11.2. The number of nitrogens with zero attached hydrogens (tertiary/aromatic N) is 2. The number of likely N-dealkylation sites (tertiary alicyclic amines) is 1. The zero-order chi connectivity index (χ0) is 23.4. The minimum atomic E-state index is -0.660. The standard InChI is InChI=1S/C26H30N2O5/c1-18-7-9-19(10-8-18)23-22(24(29)20-5-3-6-21(17-20)32-2)25(30)26(31)28(23)12-4-11-27-13-15-33-16-14-27/h3,5-10,17,23,29H,4,11-16H2,1-2H3/b24-22+/t23-/m0/s1. The molecule has 1 N–H and O–H groups in total. The number of Topliss-reactive ketones (excluding diaryl/α,β-unsaturated/α-hetero) is 1. The van der Waals surface area contributed by atoms with Crippen LogP contribution in [0.5, 0.6) is 5.75 Å². The lowest BCUT2D eigenvalue weighted by Crippen LogP contribution is -2.38. The van der Waals surface area contributed by atoms with Crippen molar-refractivity contribution >= 4 is 17.4 Å². The Kier molecular flexibility index (Phi) is 7.11. The molecule has 2 aliphatic rings. The van der Waals surface area contributed by atoms with E-state index < -0.39 is 17.7 Å². The second-order valence-corrected chi connectivity index (χ2v) is 8.44. The molecule has 0 unspecified atom stereocenters. The van der Waals surface area contributed by atoms with E-state index in [1.807, 2.05) is 31.2 Å². The van der Waals surface area contributed by atoms with Gasteiger partial charge in [-0.2, -0.15) is 0 Å². The summed E-state index contributed by atoms with van der Waals surface area (Å²) in [7, 11) is 1.54. The predicted octanol–water partition coefficient (Wildman–Crippen LogP) is 3.15. The number of aliphatic hydroxyl groups is 1. The number of ether oxygens (including phenoxy) is 2. The van der Waals surface area contributed by atoms with Crippen molar-refractivity contribution in [3.8, 4) is 5.75 Å². The van der Waals surface area contributed by atoms with Gasteiger partial charge in [-0.1, -0.05) is 42.0 Å². The molecule has 7 heteroatoms. The molecule has 0 aliphatic carbocycles. The fourth-order valence-corrected chi connectivity index (χ4v) is 4.42. The van der Waals surface area contributed by atoms with Crippen LogP contribution in [0.1, 0.15) is 29.2 Å². The van der Waals surface area contributed by atoms with Crippen LogP contribution >= 0.6 is 0 Å². The third-order valence-corrected chi connectivity index (χ3v) is 6.25. The molecular formula is C26H30N2O5. The Morgan fingerprint density at radius 3 is 2.52 bits per heavy atom. The van der Waals surface area contributed by atoms with Crippen LogP contribution in [-0.4, -0.2) is 73.1 Å². The quantitative estimate of drug-likeness (QED) is 0.397. The van der Waals surface area contributed by atoms with Crippen LogP contribution in [0.15, 0.2) is 54.1 Å². The number of amides is 1. The van der Waals surface area contributed by atoms with E-state index >= 15 is 0 Å². The number of benzene rings is 2. The Bertz CT molecular complexity index is 1040. The van der Waals surface area contributed by atoms with E-state index in [-0.39, 0.29) is 11.3 Å². The van der Waals surface area contributed by atoms with Gasteiger partial charge in [-0.15, -0.1) is 0 Å². The normalized spacial score (nSPS) is 20.9. The van der Waals surface area contributed by atoms with E-state index in [2.05, 4.69) is 4.90 Å². The Balaban J connectivity index is 1.67. The smallest absolute Gasteiger partial charge is 0.295 e. The average molecular weight is 451 g/mol. The molecule has 0 bridgehead atoms. The maximum absolute atomic E-state index is 13.1.